The first-order valence-corrected chi connectivity index (χ1v) is 12.6. The summed E-state index contributed by atoms with van der Waals surface area (Å²) in [4.78, 5) is 29.8. The van der Waals surface area contributed by atoms with Crippen molar-refractivity contribution >= 4 is 33.4 Å². The monoisotopic (exact) mass is 548 g/mol. The summed E-state index contributed by atoms with van der Waals surface area (Å²) >= 11 is 3.44. The van der Waals surface area contributed by atoms with Gasteiger partial charge in [-0.2, -0.15) is 0 Å². The molecule has 1 saturated heterocycles. The number of hydrogen-bond donors (Lipinski definition) is 1. The highest BCUT2D eigenvalue weighted by Crippen LogP contribution is 2.40. The number of likely N-dealkylation sites (tertiary alicyclic amines) is 1. The fraction of sp³-hybridized carbons (Fsp3) is 0.241. The van der Waals surface area contributed by atoms with Crippen LogP contribution in [-0.4, -0.2) is 53.8 Å². The summed E-state index contributed by atoms with van der Waals surface area (Å²) in [6.07, 6.45) is 0.709. The lowest BCUT2D eigenvalue weighted by molar-refractivity contribution is -0.139. The number of nitrogens with zero attached hydrogens (tertiary/aromatic N) is 2. The topological polar surface area (TPSA) is 70.1 Å². The van der Waals surface area contributed by atoms with Crippen LogP contribution < -0.4 is 4.74 Å². The van der Waals surface area contributed by atoms with Crippen LogP contribution in [0.3, 0.4) is 0 Å². The van der Waals surface area contributed by atoms with Crippen LogP contribution in [0, 0.1) is 0 Å². The molecule has 1 heterocycles. The van der Waals surface area contributed by atoms with Crippen molar-refractivity contribution in [1.82, 2.24) is 9.80 Å². The first-order chi connectivity index (χ1) is 17.3. The first-order valence-electron chi connectivity index (χ1n) is 11.8. The standard InChI is InChI=1S/C29H29BrN2O4/c1-31(2)17-6-18-32-26(21-9-13-23(30)14-10-21)25(28(34)29(32)35)27(33)22-11-15-24(16-12-22)36-19-20-7-4-3-5-8-20/h3-5,7-16,26,33H,6,17-19H2,1-2H3/b27-25+. The van der Waals surface area contributed by atoms with Gasteiger partial charge in [0.05, 0.1) is 11.6 Å². The van der Waals surface area contributed by atoms with Gasteiger partial charge in [-0.25, -0.2) is 0 Å². The Morgan fingerprint density at radius 3 is 2.28 bits per heavy atom. The van der Waals surface area contributed by atoms with E-state index in [0.29, 0.717) is 30.9 Å². The number of benzene rings is 3. The molecule has 0 aliphatic carbocycles. The molecule has 1 amide bonds. The van der Waals surface area contributed by atoms with E-state index < -0.39 is 17.7 Å². The Labute approximate surface area is 219 Å². The van der Waals surface area contributed by atoms with Gasteiger partial charge in [-0.05, 0) is 74.6 Å². The molecule has 0 spiro atoms. The minimum absolute atomic E-state index is 0.102. The van der Waals surface area contributed by atoms with Crippen LogP contribution in [0.1, 0.15) is 29.2 Å². The average Bonchev–Trinajstić information content (AvgIpc) is 3.13. The van der Waals surface area contributed by atoms with E-state index in [1.807, 2.05) is 73.6 Å². The summed E-state index contributed by atoms with van der Waals surface area (Å²) in [7, 11) is 3.93. The van der Waals surface area contributed by atoms with Crippen LogP contribution in [0.4, 0.5) is 0 Å². The number of rotatable bonds is 9. The number of halogens is 1. The zero-order valence-corrected chi connectivity index (χ0v) is 21.9. The molecule has 1 aliphatic rings. The van der Waals surface area contributed by atoms with Gasteiger partial charge in [0.2, 0.25) is 0 Å². The second kappa shape index (κ2) is 11.5. The zero-order valence-electron chi connectivity index (χ0n) is 20.4. The smallest absolute Gasteiger partial charge is 0.295 e. The molecule has 1 N–H and O–H groups in total. The number of aliphatic hydroxyl groups excluding tert-OH is 1. The molecule has 0 radical (unpaired) electrons. The maximum Gasteiger partial charge on any atom is 0.295 e. The average molecular weight is 549 g/mol. The molecule has 1 atom stereocenters. The zero-order chi connectivity index (χ0) is 25.7. The van der Waals surface area contributed by atoms with Gasteiger partial charge in [0.1, 0.15) is 18.1 Å². The second-order valence-corrected chi connectivity index (χ2v) is 9.92. The minimum atomic E-state index is -0.672. The van der Waals surface area contributed by atoms with E-state index in [2.05, 4.69) is 15.9 Å². The van der Waals surface area contributed by atoms with Crippen LogP contribution >= 0.6 is 15.9 Å². The third-order valence-electron chi connectivity index (χ3n) is 6.11. The summed E-state index contributed by atoms with van der Waals surface area (Å²) in [5, 5.41) is 11.2. The molecule has 3 aromatic rings. The quantitative estimate of drug-likeness (QED) is 0.220. The number of Topliss-reactive ketones (excluding diaryl/α,β-unsaturated/α-hetero) is 1. The Balaban J connectivity index is 1.63. The van der Waals surface area contributed by atoms with Crippen molar-refractivity contribution < 1.29 is 19.4 Å². The molecule has 1 fully saturated rings. The molecule has 1 aliphatic heterocycles. The van der Waals surface area contributed by atoms with Crippen molar-refractivity contribution in [1.29, 1.82) is 0 Å². The molecule has 36 heavy (non-hydrogen) atoms. The lowest BCUT2D eigenvalue weighted by Crippen LogP contribution is -2.32. The SMILES string of the molecule is CN(C)CCCN1C(=O)C(=O)/C(=C(/O)c2ccc(OCc3ccccc3)cc2)C1c1ccc(Br)cc1. The number of carbonyl (C=O) groups excluding carboxylic acids is 2. The largest absolute Gasteiger partial charge is 0.507 e. The van der Waals surface area contributed by atoms with E-state index >= 15 is 0 Å². The molecule has 0 saturated carbocycles. The van der Waals surface area contributed by atoms with Gasteiger partial charge in [-0.1, -0.05) is 58.4 Å². The normalized spacial score (nSPS) is 17.1. The molecular weight excluding hydrogens is 520 g/mol. The number of carbonyl (C=O) groups is 2. The predicted molar refractivity (Wildman–Crippen MR) is 144 cm³/mol. The van der Waals surface area contributed by atoms with E-state index in [1.165, 1.54) is 0 Å². The highest BCUT2D eigenvalue weighted by Gasteiger charge is 2.45. The van der Waals surface area contributed by atoms with Crippen molar-refractivity contribution in [3.8, 4) is 5.75 Å². The fourth-order valence-corrected chi connectivity index (χ4v) is 4.53. The Morgan fingerprint density at radius 1 is 0.972 bits per heavy atom. The van der Waals surface area contributed by atoms with Crippen LogP contribution in [0.5, 0.6) is 5.75 Å². The number of hydrogen-bond acceptors (Lipinski definition) is 5. The van der Waals surface area contributed by atoms with Crippen molar-refractivity contribution in [2.75, 3.05) is 27.2 Å². The lowest BCUT2D eigenvalue weighted by atomic mass is 9.95. The highest BCUT2D eigenvalue weighted by atomic mass is 79.9. The van der Waals surface area contributed by atoms with E-state index in [9.17, 15) is 14.7 Å². The number of ether oxygens (including phenoxy) is 1. The van der Waals surface area contributed by atoms with Gasteiger partial charge in [-0.15, -0.1) is 0 Å². The molecule has 0 aromatic heterocycles. The molecule has 186 valence electrons. The van der Waals surface area contributed by atoms with E-state index in [1.54, 1.807) is 29.2 Å². The Kier molecular flexibility index (Phi) is 8.23. The summed E-state index contributed by atoms with van der Waals surface area (Å²) in [5.41, 5.74) is 2.38. The van der Waals surface area contributed by atoms with E-state index in [0.717, 1.165) is 22.1 Å². The van der Waals surface area contributed by atoms with Gasteiger partial charge >= 0.3 is 0 Å². The molecule has 3 aromatic carbocycles. The fourth-order valence-electron chi connectivity index (χ4n) is 4.26. The van der Waals surface area contributed by atoms with Crippen LogP contribution in [0.2, 0.25) is 0 Å². The van der Waals surface area contributed by atoms with Gasteiger partial charge in [-0.3, -0.25) is 9.59 Å². The van der Waals surface area contributed by atoms with Gasteiger partial charge in [0.25, 0.3) is 11.7 Å². The van der Waals surface area contributed by atoms with Crippen LogP contribution in [0.15, 0.2) is 88.9 Å². The summed E-state index contributed by atoms with van der Waals surface area (Å²) in [6, 6.07) is 23.6. The number of ketones is 1. The van der Waals surface area contributed by atoms with Gasteiger partial charge in [0, 0.05) is 16.6 Å². The molecule has 0 bridgehead atoms. The molecular formula is C29H29BrN2O4. The third-order valence-corrected chi connectivity index (χ3v) is 6.63. The molecule has 7 heteroatoms. The van der Waals surface area contributed by atoms with Crippen molar-refractivity contribution in [2.24, 2.45) is 0 Å². The first kappa shape index (κ1) is 25.7. The number of aliphatic hydroxyl groups is 1. The Morgan fingerprint density at radius 2 is 1.64 bits per heavy atom. The number of amides is 1. The van der Waals surface area contributed by atoms with Gasteiger partial charge < -0.3 is 19.6 Å². The minimum Gasteiger partial charge on any atom is -0.507 e. The van der Waals surface area contributed by atoms with Gasteiger partial charge in [0.15, 0.2) is 0 Å². The van der Waals surface area contributed by atoms with Crippen molar-refractivity contribution in [3.05, 3.63) is 106 Å². The van der Waals surface area contributed by atoms with E-state index in [-0.39, 0.29) is 11.3 Å². The van der Waals surface area contributed by atoms with Crippen LogP contribution in [0.25, 0.3) is 5.76 Å². The second-order valence-electron chi connectivity index (χ2n) is 9.00. The maximum atomic E-state index is 13.2. The Hall–Kier alpha value is -3.42. The van der Waals surface area contributed by atoms with Crippen molar-refractivity contribution in [2.45, 2.75) is 19.1 Å². The summed E-state index contributed by atoms with van der Waals surface area (Å²) < 4.78 is 6.73. The Bertz CT molecular complexity index is 1240. The van der Waals surface area contributed by atoms with Crippen LogP contribution in [-0.2, 0) is 16.2 Å². The molecule has 4 rings (SSSR count). The summed E-state index contributed by atoms with van der Waals surface area (Å²) in [6.45, 7) is 1.61. The van der Waals surface area contributed by atoms with Crippen molar-refractivity contribution in [3.63, 3.8) is 0 Å². The van der Waals surface area contributed by atoms with E-state index in [4.69, 9.17) is 4.74 Å². The lowest BCUT2D eigenvalue weighted by Gasteiger charge is -2.26. The maximum absolute atomic E-state index is 13.2. The molecule has 6 nitrogen and oxygen atoms in total. The highest BCUT2D eigenvalue weighted by molar-refractivity contribution is 9.10. The molecule has 1 unspecified atom stereocenters. The predicted octanol–water partition coefficient (Wildman–Crippen LogP) is 5.40. The summed E-state index contributed by atoms with van der Waals surface area (Å²) in [5.74, 6) is -0.810. The third kappa shape index (κ3) is 5.86.